The van der Waals surface area contributed by atoms with Crippen molar-refractivity contribution >= 4 is 5.91 Å². The Morgan fingerprint density at radius 2 is 1.82 bits per heavy atom. The van der Waals surface area contributed by atoms with Gasteiger partial charge in [0.05, 0.1) is 11.6 Å². The first-order valence-corrected chi connectivity index (χ1v) is 10.9. The van der Waals surface area contributed by atoms with E-state index in [1.165, 1.54) is 30.6 Å². The minimum Gasteiger partial charge on any atom is -0.472 e. The Kier molecular flexibility index (Phi) is 5.66. The average Bonchev–Trinajstić information content (AvgIpc) is 2.84. The maximum absolute atomic E-state index is 14.4. The number of hydrogen-bond acceptors (Lipinski definition) is 5. The molecule has 2 aliphatic heterocycles. The van der Waals surface area contributed by atoms with Crippen molar-refractivity contribution in [3.8, 4) is 17.1 Å². The van der Waals surface area contributed by atoms with Crippen LogP contribution in [0.1, 0.15) is 35.3 Å². The summed E-state index contributed by atoms with van der Waals surface area (Å²) in [5.74, 6) is -0.664. The Hall–Kier alpha value is -3.56. The molecule has 176 valence electrons. The molecule has 6 nitrogen and oxygen atoms in total. The van der Waals surface area contributed by atoms with Gasteiger partial charge in [-0.05, 0) is 55.5 Å². The monoisotopic (exact) mass is 472 g/mol. The van der Waals surface area contributed by atoms with Gasteiger partial charge in [0.15, 0.2) is 0 Å². The third-order valence-corrected chi connectivity index (χ3v) is 6.34. The largest absolute Gasteiger partial charge is 0.472 e. The zero-order chi connectivity index (χ0) is 23.9. The fourth-order valence-electron chi connectivity index (χ4n) is 4.75. The van der Waals surface area contributed by atoms with E-state index in [1.54, 1.807) is 17.0 Å². The summed E-state index contributed by atoms with van der Waals surface area (Å²) in [5.41, 5.74) is -0.415. The SMILES string of the molecule is O=C(c1ncccc1-c1ncccc1F)N1CC2CCC1C(Oc1ccc(C(F)(F)F)cn1)C2. The number of nitrogens with zero attached hydrogens (tertiary/aromatic N) is 4. The number of fused-ring (bicyclic) bond motifs is 3. The van der Waals surface area contributed by atoms with Crippen molar-refractivity contribution in [2.24, 2.45) is 5.92 Å². The van der Waals surface area contributed by atoms with Crippen LogP contribution in [0.5, 0.6) is 5.88 Å². The standard InChI is InChI=1S/C24H20F4N4O2/c25-17-4-2-10-29-21(17)16-3-1-9-30-22(16)23(33)32-13-14-5-7-18(32)19(11-14)34-20-8-6-15(12-31-20)24(26,27)28/h1-4,6,8-10,12,14,18-19H,5,7,11,13H2. The summed E-state index contributed by atoms with van der Waals surface area (Å²) in [5, 5.41) is 0. The Labute approximate surface area is 192 Å². The zero-order valence-electron chi connectivity index (χ0n) is 17.9. The van der Waals surface area contributed by atoms with Crippen molar-refractivity contribution in [1.29, 1.82) is 0 Å². The molecule has 3 aliphatic rings. The molecular weight excluding hydrogens is 452 g/mol. The lowest BCUT2D eigenvalue weighted by Crippen LogP contribution is -2.59. The number of alkyl halides is 3. The first kappa shape index (κ1) is 22.2. The lowest BCUT2D eigenvalue weighted by Gasteiger charge is -2.49. The van der Waals surface area contributed by atoms with E-state index in [0.29, 0.717) is 24.9 Å². The predicted octanol–water partition coefficient (Wildman–Crippen LogP) is 4.77. The summed E-state index contributed by atoms with van der Waals surface area (Å²) >= 11 is 0. The molecule has 3 aromatic heterocycles. The Morgan fingerprint density at radius 1 is 1.03 bits per heavy atom. The van der Waals surface area contributed by atoms with Gasteiger partial charge in [0.25, 0.3) is 5.91 Å². The molecule has 5 heterocycles. The van der Waals surface area contributed by atoms with Gasteiger partial charge in [-0.15, -0.1) is 0 Å². The maximum atomic E-state index is 14.4. The number of ether oxygens (including phenoxy) is 1. The van der Waals surface area contributed by atoms with Crippen LogP contribution in [-0.4, -0.2) is 44.4 Å². The van der Waals surface area contributed by atoms with E-state index < -0.39 is 23.7 Å². The highest BCUT2D eigenvalue weighted by molar-refractivity contribution is 5.98. The fraction of sp³-hybridized carbons (Fsp3) is 0.333. The molecule has 0 N–H and O–H groups in total. The van der Waals surface area contributed by atoms with E-state index >= 15 is 0 Å². The molecule has 2 saturated heterocycles. The molecule has 3 atom stereocenters. The molecule has 0 spiro atoms. The number of piperidine rings is 2. The third kappa shape index (κ3) is 4.20. The van der Waals surface area contributed by atoms with Crippen LogP contribution < -0.4 is 4.74 Å². The van der Waals surface area contributed by atoms with Gasteiger partial charge in [-0.3, -0.25) is 14.8 Å². The van der Waals surface area contributed by atoms with Crippen LogP contribution in [0.15, 0.2) is 55.0 Å². The number of carbonyl (C=O) groups is 1. The first-order chi connectivity index (χ1) is 16.3. The Morgan fingerprint density at radius 3 is 2.53 bits per heavy atom. The minimum absolute atomic E-state index is 0.0443. The van der Waals surface area contributed by atoms with E-state index in [0.717, 1.165) is 18.7 Å². The summed E-state index contributed by atoms with van der Waals surface area (Å²) in [6.45, 7) is 0.504. The molecule has 1 aliphatic carbocycles. The van der Waals surface area contributed by atoms with Gasteiger partial charge in [0.2, 0.25) is 5.88 Å². The second-order valence-electron chi connectivity index (χ2n) is 8.48. The highest BCUT2D eigenvalue weighted by Gasteiger charge is 2.45. The van der Waals surface area contributed by atoms with Crippen LogP contribution in [0.25, 0.3) is 11.3 Å². The molecule has 6 rings (SSSR count). The second kappa shape index (κ2) is 8.66. The predicted molar refractivity (Wildman–Crippen MR) is 113 cm³/mol. The number of rotatable bonds is 4. The van der Waals surface area contributed by atoms with Crippen molar-refractivity contribution in [2.75, 3.05) is 6.54 Å². The van der Waals surface area contributed by atoms with E-state index in [4.69, 9.17) is 4.74 Å². The van der Waals surface area contributed by atoms with Crippen LogP contribution in [0.3, 0.4) is 0 Å². The van der Waals surface area contributed by atoms with Crippen LogP contribution in [0.2, 0.25) is 0 Å². The molecule has 1 amide bonds. The lowest BCUT2D eigenvalue weighted by molar-refractivity contribution is -0.137. The normalized spacial score (nSPS) is 22.0. The minimum atomic E-state index is -4.48. The van der Waals surface area contributed by atoms with Crippen LogP contribution in [0, 0.1) is 11.7 Å². The topological polar surface area (TPSA) is 68.2 Å². The molecule has 0 radical (unpaired) electrons. The first-order valence-electron chi connectivity index (χ1n) is 10.9. The molecule has 2 bridgehead atoms. The molecule has 10 heteroatoms. The van der Waals surface area contributed by atoms with Gasteiger partial charge >= 0.3 is 6.18 Å². The van der Waals surface area contributed by atoms with Crippen LogP contribution >= 0.6 is 0 Å². The Bertz CT molecular complexity index is 1200. The molecule has 0 aromatic carbocycles. The average molecular weight is 472 g/mol. The zero-order valence-corrected chi connectivity index (χ0v) is 17.9. The molecule has 3 fully saturated rings. The number of aromatic nitrogens is 3. The maximum Gasteiger partial charge on any atom is 0.417 e. The molecule has 3 unspecified atom stereocenters. The van der Waals surface area contributed by atoms with Crippen molar-refractivity contribution in [1.82, 2.24) is 19.9 Å². The van der Waals surface area contributed by atoms with E-state index in [9.17, 15) is 22.4 Å². The quantitative estimate of drug-likeness (QED) is 0.512. The van der Waals surface area contributed by atoms with E-state index in [-0.39, 0.29) is 35.1 Å². The summed E-state index contributed by atoms with van der Waals surface area (Å²) in [4.78, 5) is 27.4. The summed E-state index contributed by atoms with van der Waals surface area (Å²) < 4.78 is 58.8. The highest BCUT2D eigenvalue weighted by atomic mass is 19.4. The van der Waals surface area contributed by atoms with E-state index in [1.807, 2.05) is 0 Å². The van der Waals surface area contributed by atoms with Gasteiger partial charge in [0.1, 0.15) is 23.3 Å². The van der Waals surface area contributed by atoms with Gasteiger partial charge < -0.3 is 9.64 Å². The third-order valence-electron chi connectivity index (χ3n) is 6.34. The Balaban J connectivity index is 1.40. The fourth-order valence-corrected chi connectivity index (χ4v) is 4.75. The smallest absolute Gasteiger partial charge is 0.417 e. The summed E-state index contributed by atoms with van der Waals surface area (Å²) in [6, 6.07) is 7.78. The van der Waals surface area contributed by atoms with Crippen molar-refractivity contribution in [3.63, 3.8) is 0 Å². The lowest BCUT2D eigenvalue weighted by atomic mass is 9.77. The van der Waals surface area contributed by atoms with Crippen molar-refractivity contribution < 1.29 is 27.1 Å². The molecular formula is C24H20F4N4O2. The number of halogens is 4. The van der Waals surface area contributed by atoms with E-state index in [2.05, 4.69) is 15.0 Å². The second-order valence-corrected chi connectivity index (χ2v) is 8.48. The van der Waals surface area contributed by atoms with Gasteiger partial charge in [-0.1, -0.05) is 0 Å². The molecule has 34 heavy (non-hydrogen) atoms. The summed E-state index contributed by atoms with van der Waals surface area (Å²) in [6.07, 6.45) is 1.03. The number of amides is 1. The number of pyridine rings is 3. The molecule has 1 saturated carbocycles. The van der Waals surface area contributed by atoms with Crippen LogP contribution in [-0.2, 0) is 6.18 Å². The van der Waals surface area contributed by atoms with Gasteiger partial charge in [-0.2, -0.15) is 13.2 Å². The van der Waals surface area contributed by atoms with Gasteiger partial charge in [0, 0.05) is 36.8 Å². The molecule has 3 aromatic rings. The number of carbonyl (C=O) groups excluding carboxylic acids is 1. The number of hydrogen-bond donors (Lipinski definition) is 0. The summed E-state index contributed by atoms with van der Waals surface area (Å²) in [7, 11) is 0. The van der Waals surface area contributed by atoms with Crippen LogP contribution in [0.4, 0.5) is 17.6 Å². The van der Waals surface area contributed by atoms with Crippen molar-refractivity contribution in [3.05, 3.63) is 72.1 Å². The van der Waals surface area contributed by atoms with Crippen molar-refractivity contribution in [2.45, 2.75) is 37.6 Å². The highest BCUT2D eigenvalue weighted by Crippen LogP contribution is 2.39. The van der Waals surface area contributed by atoms with Gasteiger partial charge in [-0.25, -0.2) is 9.37 Å².